The normalized spacial score (nSPS) is 14.1. The van der Waals surface area contributed by atoms with Crippen LogP contribution in [0.2, 0.25) is 0 Å². The molecule has 2 aromatic carbocycles. The Morgan fingerprint density at radius 2 is 1.55 bits per heavy atom. The highest BCUT2D eigenvalue weighted by atomic mass is 14.8. The Morgan fingerprint density at radius 1 is 0.850 bits per heavy atom. The Kier molecular flexibility index (Phi) is 4.17. The van der Waals surface area contributed by atoms with E-state index in [-0.39, 0.29) is 0 Å². The molecule has 2 aromatic rings. The first kappa shape index (κ1) is 13.4. The van der Waals surface area contributed by atoms with Gasteiger partial charge in [0.25, 0.3) is 0 Å². The second-order valence-electron chi connectivity index (χ2n) is 5.67. The number of hydrogen-bond acceptors (Lipinski definition) is 1. The SMILES string of the molecule is CCNCc1ccc(-c2ccc3c(c2)CCCC3)cc1. The van der Waals surface area contributed by atoms with Gasteiger partial charge in [-0.3, -0.25) is 0 Å². The standard InChI is InChI=1S/C19H23N/c1-2-20-14-15-7-9-17(10-8-15)19-12-11-16-5-3-4-6-18(16)13-19/h7-13,20H,2-6,14H2,1H3. The molecule has 1 heteroatoms. The Labute approximate surface area is 122 Å². The van der Waals surface area contributed by atoms with E-state index in [0.717, 1.165) is 13.1 Å². The number of fused-ring (bicyclic) bond motifs is 1. The molecule has 0 aliphatic heterocycles. The van der Waals surface area contributed by atoms with Gasteiger partial charge in [-0.05, 0) is 60.0 Å². The van der Waals surface area contributed by atoms with E-state index in [4.69, 9.17) is 0 Å². The number of benzene rings is 2. The monoisotopic (exact) mass is 265 g/mol. The molecular formula is C19H23N. The average Bonchev–Trinajstić information content (AvgIpc) is 2.53. The first-order valence-electron chi connectivity index (χ1n) is 7.78. The van der Waals surface area contributed by atoms with Gasteiger partial charge in [0.1, 0.15) is 0 Å². The summed E-state index contributed by atoms with van der Waals surface area (Å²) >= 11 is 0. The maximum absolute atomic E-state index is 3.36. The maximum Gasteiger partial charge on any atom is 0.0205 e. The summed E-state index contributed by atoms with van der Waals surface area (Å²) in [5.74, 6) is 0. The van der Waals surface area contributed by atoms with Crippen LogP contribution < -0.4 is 5.32 Å². The van der Waals surface area contributed by atoms with E-state index in [1.165, 1.54) is 42.4 Å². The lowest BCUT2D eigenvalue weighted by molar-refractivity contribution is 0.686. The highest BCUT2D eigenvalue weighted by Gasteiger charge is 2.10. The van der Waals surface area contributed by atoms with Gasteiger partial charge in [0, 0.05) is 6.54 Å². The third kappa shape index (κ3) is 2.94. The lowest BCUT2D eigenvalue weighted by Crippen LogP contribution is -2.11. The summed E-state index contributed by atoms with van der Waals surface area (Å²) in [5.41, 5.74) is 7.17. The van der Waals surface area contributed by atoms with Gasteiger partial charge in [-0.1, -0.05) is 49.4 Å². The van der Waals surface area contributed by atoms with Crippen molar-refractivity contribution in [2.24, 2.45) is 0 Å². The number of nitrogens with one attached hydrogen (secondary N) is 1. The van der Waals surface area contributed by atoms with Gasteiger partial charge in [-0.15, -0.1) is 0 Å². The van der Waals surface area contributed by atoms with E-state index >= 15 is 0 Å². The van der Waals surface area contributed by atoms with Gasteiger partial charge in [-0.2, -0.15) is 0 Å². The second-order valence-corrected chi connectivity index (χ2v) is 5.67. The zero-order valence-electron chi connectivity index (χ0n) is 12.3. The van der Waals surface area contributed by atoms with Crippen molar-refractivity contribution in [1.82, 2.24) is 5.32 Å². The van der Waals surface area contributed by atoms with E-state index < -0.39 is 0 Å². The quantitative estimate of drug-likeness (QED) is 0.867. The van der Waals surface area contributed by atoms with E-state index in [2.05, 4.69) is 54.7 Å². The minimum absolute atomic E-state index is 0.959. The van der Waals surface area contributed by atoms with E-state index in [1.54, 1.807) is 11.1 Å². The van der Waals surface area contributed by atoms with Crippen molar-refractivity contribution in [2.45, 2.75) is 39.2 Å². The zero-order chi connectivity index (χ0) is 13.8. The molecule has 1 aliphatic carbocycles. The van der Waals surface area contributed by atoms with Crippen LogP contribution in [0, 0.1) is 0 Å². The first-order valence-corrected chi connectivity index (χ1v) is 7.78. The number of rotatable bonds is 4. The Balaban J connectivity index is 1.81. The lowest BCUT2D eigenvalue weighted by Gasteiger charge is -2.16. The summed E-state index contributed by atoms with van der Waals surface area (Å²) in [6, 6.07) is 16.0. The lowest BCUT2D eigenvalue weighted by atomic mass is 9.89. The molecule has 0 bridgehead atoms. The van der Waals surface area contributed by atoms with Crippen LogP contribution in [0.4, 0.5) is 0 Å². The summed E-state index contributed by atoms with van der Waals surface area (Å²) in [6.07, 6.45) is 5.21. The van der Waals surface area contributed by atoms with Crippen LogP contribution in [-0.4, -0.2) is 6.54 Å². The topological polar surface area (TPSA) is 12.0 Å². The van der Waals surface area contributed by atoms with Crippen LogP contribution in [0.1, 0.15) is 36.5 Å². The van der Waals surface area contributed by atoms with Crippen molar-refractivity contribution >= 4 is 0 Å². The molecule has 1 aliphatic rings. The van der Waals surface area contributed by atoms with Gasteiger partial charge >= 0.3 is 0 Å². The third-order valence-corrected chi connectivity index (χ3v) is 4.21. The second kappa shape index (κ2) is 6.23. The predicted molar refractivity (Wildman–Crippen MR) is 85.9 cm³/mol. The molecule has 1 N–H and O–H groups in total. The van der Waals surface area contributed by atoms with Gasteiger partial charge in [0.15, 0.2) is 0 Å². The molecule has 0 unspecified atom stereocenters. The smallest absolute Gasteiger partial charge is 0.0205 e. The van der Waals surface area contributed by atoms with Gasteiger partial charge < -0.3 is 5.32 Å². The molecule has 0 spiro atoms. The molecule has 104 valence electrons. The molecule has 0 heterocycles. The Hall–Kier alpha value is -1.60. The van der Waals surface area contributed by atoms with Crippen molar-refractivity contribution in [3.8, 4) is 11.1 Å². The summed E-state index contributed by atoms with van der Waals surface area (Å²) in [5, 5.41) is 3.36. The van der Waals surface area contributed by atoms with Crippen molar-refractivity contribution in [3.63, 3.8) is 0 Å². The molecule has 0 atom stereocenters. The van der Waals surface area contributed by atoms with E-state index in [9.17, 15) is 0 Å². The average molecular weight is 265 g/mol. The maximum atomic E-state index is 3.36. The molecule has 0 saturated heterocycles. The van der Waals surface area contributed by atoms with Crippen LogP contribution in [0.15, 0.2) is 42.5 Å². The van der Waals surface area contributed by atoms with Crippen molar-refractivity contribution < 1.29 is 0 Å². The van der Waals surface area contributed by atoms with Gasteiger partial charge in [0.2, 0.25) is 0 Å². The van der Waals surface area contributed by atoms with Crippen molar-refractivity contribution in [1.29, 1.82) is 0 Å². The molecule has 0 amide bonds. The Bertz CT molecular complexity index is 569. The van der Waals surface area contributed by atoms with Crippen LogP contribution in [0.5, 0.6) is 0 Å². The zero-order valence-corrected chi connectivity index (χ0v) is 12.3. The minimum Gasteiger partial charge on any atom is -0.313 e. The van der Waals surface area contributed by atoms with Crippen LogP contribution in [0.3, 0.4) is 0 Å². The summed E-state index contributed by atoms with van der Waals surface area (Å²) in [7, 11) is 0. The molecule has 0 aromatic heterocycles. The fourth-order valence-corrected chi connectivity index (χ4v) is 3.00. The number of aryl methyl sites for hydroxylation is 2. The number of hydrogen-bond donors (Lipinski definition) is 1. The summed E-state index contributed by atoms with van der Waals surface area (Å²) in [4.78, 5) is 0. The van der Waals surface area contributed by atoms with E-state index in [0.29, 0.717) is 0 Å². The first-order chi connectivity index (χ1) is 9.86. The van der Waals surface area contributed by atoms with Crippen LogP contribution in [-0.2, 0) is 19.4 Å². The molecule has 0 fully saturated rings. The van der Waals surface area contributed by atoms with Crippen LogP contribution >= 0.6 is 0 Å². The summed E-state index contributed by atoms with van der Waals surface area (Å²) in [6.45, 7) is 4.12. The van der Waals surface area contributed by atoms with Gasteiger partial charge in [-0.25, -0.2) is 0 Å². The fraction of sp³-hybridized carbons (Fsp3) is 0.368. The third-order valence-electron chi connectivity index (χ3n) is 4.21. The molecule has 20 heavy (non-hydrogen) atoms. The fourth-order valence-electron chi connectivity index (χ4n) is 3.00. The Morgan fingerprint density at radius 3 is 2.30 bits per heavy atom. The van der Waals surface area contributed by atoms with E-state index in [1.807, 2.05) is 0 Å². The highest BCUT2D eigenvalue weighted by Crippen LogP contribution is 2.27. The largest absolute Gasteiger partial charge is 0.313 e. The molecule has 1 nitrogen and oxygen atoms in total. The predicted octanol–water partition coefficient (Wildman–Crippen LogP) is 4.34. The molecular weight excluding hydrogens is 242 g/mol. The minimum atomic E-state index is 0.959. The molecule has 0 radical (unpaired) electrons. The molecule has 0 saturated carbocycles. The summed E-state index contributed by atoms with van der Waals surface area (Å²) < 4.78 is 0. The van der Waals surface area contributed by atoms with Crippen molar-refractivity contribution in [3.05, 3.63) is 59.2 Å². The van der Waals surface area contributed by atoms with Crippen molar-refractivity contribution in [2.75, 3.05) is 6.54 Å². The van der Waals surface area contributed by atoms with Gasteiger partial charge in [0.05, 0.1) is 0 Å². The molecule has 3 rings (SSSR count). The van der Waals surface area contributed by atoms with Crippen LogP contribution in [0.25, 0.3) is 11.1 Å². The highest BCUT2D eigenvalue weighted by molar-refractivity contribution is 5.65.